The molecule has 112 valence electrons. The van der Waals surface area contributed by atoms with E-state index < -0.39 is 6.10 Å². The molecule has 0 saturated carbocycles. The predicted octanol–water partition coefficient (Wildman–Crippen LogP) is 4.69. The summed E-state index contributed by atoms with van der Waals surface area (Å²) in [5, 5.41) is 10.8. The standard InChI is InChI=1S/C17H25BrO2/c1-10-7-12(8-11(2)14(10)18)15(19)13-9-16(3,4)20-17(13,5)6/h7-8,13,15,19H,9H2,1-6H3. The highest BCUT2D eigenvalue weighted by Crippen LogP contribution is 2.48. The average molecular weight is 341 g/mol. The molecule has 2 nitrogen and oxygen atoms in total. The zero-order valence-electron chi connectivity index (χ0n) is 13.2. The number of ether oxygens (including phenoxy) is 1. The summed E-state index contributed by atoms with van der Waals surface area (Å²) in [7, 11) is 0. The second kappa shape index (κ2) is 5.11. The Kier molecular flexibility index (Phi) is 4.09. The summed E-state index contributed by atoms with van der Waals surface area (Å²) >= 11 is 3.58. The van der Waals surface area contributed by atoms with Crippen molar-refractivity contribution in [2.75, 3.05) is 0 Å². The highest BCUT2D eigenvalue weighted by molar-refractivity contribution is 9.10. The van der Waals surface area contributed by atoms with Crippen molar-refractivity contribution in [3.63, 3.8) is 0 Å². The number of aliphatic hydroxyl groups is 1. The Morgan fingerprint density at radius 3 is 2.10 bits per heavy atom. The van der Waals surface area contributed by atoms with E-state index in [1.165, 1.54) is 0 Å². The van der Waals surface area contributed by atoms with Crippen molar-refractivity contribution in [2.24, 2.45) is 5.92 Å². The molecule has 0 aromatic heterocycles. The van der Waals surface area contributed by atoms with Crippen molar-refractivity contribution in [1.82, 2.24) is 0 Å². The van der Waals surface area contributed by atoms with Crippen molar-refractivity contribution in [3.05, 3.63) is 33.3 Å². The Labute approximate surface area is 130 Å². The van der Waals surface area contributed by atoms with Gasteiger partial charge in [-0.1, -0.05) is 28.1 Å². The minimum atomic E-state index is -0.489. The summed E-state index contributed by atoms with van der Waals surface area (Å²) in [6.07, 6.45) is 0.382. The topological polar surface area (TPSA) is 29.5 Å². The Morgan fingerprint density at radius 1 is 1.20 bits per heavy atom. The van der Waals surface area contributed by atoms with E-state index in [1.807, 2.05) is 0 Å². The fourth-order valence-electron chi connectivity index (χ4n) is 3.48. The van der Waals surface area contributed by atoms with Gasteiger partial charge in [-0.3, -0.25) is 0 Å². The minimum absolute atomic E-state index is 0.109. The lowest BCUT2D eigenvalue weighted by molar-refractivity contribution is -0.0880. The summed E-state index contributed by atoms with van der Waals surface area (Å²) in [5.41, 5.74) is 2.83. The first-order valence-electron chi connectivity index (χ1n) is 7.18. The van der Waals surface area contributed by atoms with Gasteiger partial charge in [0.2, 0.25) is 0 Å². The van der Waals surface area contributed by atoms with Gasteiger partial charge >= 0.3 is 0 Å². The molecule has 0 radical (unpaired) electrons. The number of aryl methyl sites for hydroxylation is 2. The van der Waals surface area contributed by atoms with E-state index in [2.05, 4.69) is 69.6 Å². The number of hydrogen-bond acceptors (Lipinski definition) is 2. The van der Waals surface area contributed by atoms with Gasteiger partial charge in [0.15, 0.2) is 0 Å². The van der Waals surface area contributed by atoms with Gasteiger partial charge in [0.25, 0.3) is 0 Å². The fraction of sp³-hybridized carbons (Fsp3) is 0.647. The third-order valence-electron chi connectivity index (χ3n) is 4.33. The molecular formula is C17H25BrO2. The molecule has 1 aromatic rings. The summed E-state index contributed by atoms with van der Waals surface area (Å²) < 4.78 is 7.23. The number of halogens is 1. The van der Waals surface area contributed by atoms with E-state index in [9.17, 15) is 5.11 Å². The molecule has 1 aliphatic heterocycles. The summed E-state index contributed by atoms with van der Waals surface area (Å²) in [4.78, 5) is 0. The van der Waals surface area contributed by atoms with Crippen molar-refractivity contribution >= 4 is 15.9 Å². The fourth-order valence-corrected chi connectivity index (χ4v) is 3.71. The molecule has 1 fully saturated rings. The zero-order valence-corrected chi connectivity index (χ0v) is 14.8. The van der Waals surface area contributed by atoms with Crippen LogP contribution in [0.2, 0.25) is 0 Å². The van der Waals surface area contributed by atoms with Gasteiger partial charge in [-0.15, -0.1) is 0 Å². The van der Waals surface area contributed by atoms with E-state index in [0.717, 1.165) is 27.6 Å². The smallest absolute Gasteiger partial charge is 0.0846 e. The van der Waals surface area contributed by atoms with E-state index >= 15 is 0 Å². The molecule has 1 heterocycles. The maximum Gasteiger partial charge on any atom is 0.0846 e. The second-order valence-corrected chi connectivity index (χ2v) is 7.98. The number of aliphatic hydroxyl groups excluding tert-OH is 1. The predicted molar refractivity (Wildman–Crippen MR) is 85.9 cm³/mol. The largest absolute Gasteiger partial charge is 0.388 e. The van der Waals surface area contributed by atoms with E-state index in [-0.39, 0.29) is 17.1 Å². The zero-order chi connectivity index (χ0) is 15.3. The van der Waals surface area contributed by atoms with Crippen molar-refractivity contribution < 1.29 is 9.84 Å². The van der Waals surface area contributed by atoms with Crippen LogP contribution < -0.4 is 0 Å². The van der Waals surface area contributed by atoms with Gasteiger partial charge in [-0.25, -0.2) is 0 Å². The Bertz CT molecular complexity index is 497. The molecule has 2 rings (SSSR count). The van der Waals surface area contributed by atoms with Crippen LogP contribution in [0.5, 0.6) is 0 Å². The van der Waals surface area contributed by atoms with Crippen LogP contribution in [-0.4, -0.2) is 16.3 Å². The highest BCUT2D eigenvalue weighted by Gasteiger charge is 2.49. The molecule has 1 saturated heterocycles. The van der Waals surface area contributed by atoms with Crippen LogP contribution in [0, 0.1) is 19.8 Å². The quantitative estimate of drug-likeness (QED) is 0.845. The van der Waals surface area contributed by atoms with Gasteiger partial charge in [0.1, 0.15) is 0 Å². The highest BCUT2D eigenvalue weighted by atomic mass is 79.9. The summed E-state index contributed by atoms with van der Waals surface area (Å²) in [5.74, 6) is 0.109. The number of hydrogen-bond donors (Lipinski definition) is 1. The van der Waals surface area contributed by atoms with Crippen molar-refractivity contribution in [3.8, 4) is 0 Å². The first kappa shape index (κ1) is 16.0. The lowest BCUT2D eigenvalue weighted by Gasteiger charge is -2.30. The van der Waals surface area contributed by atoms with Crippen molar-refractivity contribution in [2.45, 2.75) is 65.3 Å². The monoisotopic (exact) mass is 340 g/mol. The Morgan fingerprint density at radius 2 is 1.70 bits per heavy atom. The van der Waals surface area contributed by atoms with Crippen molar-refractivity contribution in [1.29, 1.82) is 0 Å². The molecule has 2 unspecified atom stereocenters. The van der Waals surface area contributed by atoms with Crippen LogP contribution in [0.25, 0.3) is 0 Å². The maximum atomic E-state index is 10.8. The molecule has 2 atom stereocenters. The SMILES string of the molecule is Cc1cc(C(O)C2CC(C)(C)OC2(C)C)cc(C)c1Br. The second-order valence-electron chi connectivity index (χ2n) is 7.19. The van der Waals surface area contributed by atoms with Crippen LogP contribution in [0.4, 0.5) is 0 Å². The number of benzene rings is 1. The molecule has 20 heavy (non-hydrogen) atoms. The van der Waals surface area contributed by atoms with Crippen LogP contribution in [0.3, 0.4) is 0 Å². The average Bonchev–Trinajstić information content (AvgIpc) is 2.52. The van der Waals surface area contributed by atoms with E-state index in [1.54, 1.807) is 0 Å². The lowest BCUT2D eigenvalue weighted by Crippen LogP contribution is -2.32. The first-order chi connectivity index (χ1) is 9.03. The van der Waals surface area contributed by atoms with Crippen LogP contribution in [0.1, 0.15) is 56.9 Å². The van der Waals surface area contributed by atoms with Crippen LogP contribution in [0.15, 0.2) is 16.6 Å². The normalized spacial score (nSPS) is 25.7. The maximum absolute atomic E-state index is 10.8. The minimum Gasteiger partial charge on any atom is -0.388 e. The Balaban J connectivity index is 2.35. The van der Waals surface area contributed by atoms with Gasteiger partial charge in [-0.2, -0.15) is 0 Å². The van der Waals surface area contributed by atoms with Gasteiger partial charge in [-0.05, 0) is 64.7 Å². The lowest BCUT2D eigenvalue weighted by atomic mass is 9.80. The summed E-state index contributed by atoms with van der Waals surface area (Å²) in [6, 6.07) is 4.15. The molecule has 0 aliphatic carbocycles. The number of rotatable bonds is 2. The molecule has 0 bridgehead atoms. The van der Waals surface area contributed by atoms with Crippen LogP contribution in [-0.2, 0) is 4.74 Å². The van der Waals surface area contributed by atoms with Gasteiger partial charge in [0.05, 0.1) is 17.3 Å². The molecule has 1 aliphatic rings. The Hall–Kier alpha value is -0.380. The molecular weight excluding hydrogens is 316 g/mol. The molecule has 0 amide bonds. The molecule has 0 spiro atoms. The molecule has 3 heteroatoms. The van der Waals surface area contributed by atoms with Gasteiger partial charge < -0.3 is 9.84 Å². The first-order valence-corrected chi connectivity index (χ1v) is 7.98. The summed E-state index contributed by atoms with van der Waals surface area (Å²) in [6.45, 7) is 12.5. The third kappa shape index (κ3) is 2.95. The van der Waals surface area contributed by atoms with Crippen LogP contribution >= 0.6 is 15.9 Å². The van der Waals surface area contributed by atoms with E-state index in [0.29, 0.717) is 0 Å². The van der Waals surface area contributed by atoms with Gasteiger partial charge in [0, 0.05) is 10.4 Å². The third-order valence-corrected chi connectivity index (χ3v) is 5.58. The van der Waals surface area contributed by atoms with E-state index in [4.69, 9.17) is 4.74 Å². The molecule has 1 N–H and O–H groups in total. The molecule has 1 aromatic carbocycles.